The SMILES string of the molecule is CCC(C)N(CCOC)C(=O)C1CCCCC1N. The van der Waals surface area contributed by atoms with Crippen molar-refractivity contribution in [1.29, 1.82) is 0 Å². The van der Waals surface area contributed by atoms with Crippen molar-refractivity contribution in [2.24, 2.45) is 11.7 Å². The fourth-order valence-corrected chi connectivity index (χ4v) is 2.64. The zero-order valence-corrected chi connectivity index (χ0v) is 12.0. The van der Waals surface area contributed by atoms with Crippen molar-refractivity contribution in [2.75, 3.05) is 20.3 Å². The van der Waals surface area contributed by atoms with Crippen LogP contribution >= 0.6 is 0 Å². The van der Waals surface area contributed by atoms with E-state index in [-0.39, 0.29) is 23.9 Å². The number of rotatable bonds is 6. The zero-order valence-electron chi connectivity index (χ0n) is 12.0. The minimum atomic E-state index is 0.0182. The number of hydrogen-bond donors (Lipinski definition) is 1. The molecule has 0 aromatic carbocycles. The van der Waals surface area contributed by atoms with Gasteiger partial charge in [-0.25, -0.2) is 0 Å². The molecule has 3 unspecified atom stereocenters. The molecule has 3 atom stereocenters. The first-order chi connectivity index (χ1) is 8.61. The van der Waals surface area contributed by atoms with E-state index in [0.717, 1.165) is 32.1 Å². The topological polar surface area (TPSA) is 55.6 Å². The normalized spacial score (nSPS) is 25.8. The van der Waals surface area contributed by atoms with E-state index in [2.05, 4.69) is 13.8 Å². The highest BCUT2D eigenvalue weighted by atomic mass is 16.5. The van der Waals surface area contributed by atoms with E-state index < -0.39 is 0 Å². The van der Waals surface area contributed by atoms with Crippen molar-refractivity contribution >= 4 is 5.91 Å². The molecule has 18 heavy (non-hydrogen) atoms. The maximum absolute atomic E-state index is 12.6. The zero-order chi connectivity index (χ0) is 13.5. The molecule has 4 heteroatoms. The number of ether oxygens (including phenoxy) is 1. The van der Waals surface area contributed by atoms with Gasteiger partial charge in [-0.05, 0) is 26.2 Å². The molecule has 2 N–H and O–H groups in total. The Balaban J connectivity index is 2.67. The standard InChI is InChI=1S/C14H28N2O2/c1-4-11(2)16(9-10-18-3)14(17)12-7-5-6-8-13(12)15/h11-13H,4-10,15H2,1-3H3. The highest BCUT2D eigenvalue weighted by Crippen LogP contribution is 2.25. The Bertz CT molecular complexity index is 258. The second-order valence-corrected chi connectivity index (χ2v) is 5.34. The monoisotopic (exact) mass is 256 g/mol. The number of nitrogens with zero attached hydrogens (tertiary/aromatic N) is 1. The Morgan fingerprint density at radius 1 is 1.44 bits per heavy atom. The average Bonchev–Trinajstić information content (AvgIpc) is 2.39. The summed E-state index contributed by atoms with van der Waals surface area (Å²) >= 11 is 0. The molecular formula is C14H28N2O2. The average molecular weight is 256 g/mol. The number of nitrogens with two attached hydrogens (primary N) is 1. The summed E-state index contributed by atoms with van der Waals surface area (Å²) in [5.74, 6) is 0.248. The Morgan fingerprint density at radius 2 is 2.11 bits per heavy atom. The van der Waals surface area contributed by atoms with Crippen LogP contribution in [0.25, 0.3) is 0 Å². The van der Waals surface area contributed by atoms with Crippen molar-refractivity contribution in [2.45, 2.75) is 58.0 Å². The molecule has 0 aliphatic heterocycles. The lowest BCUT2D eigenvalue weighted by atomic mass is 9.84. The van der Waals surface area contributed by atoms with Crippen LogP contribution in [-0.2, 0) is 9.53 Å². The largest absolute Gasteiger partial charge is 0.383 e. The van der Waals surface area contributed by atoms with Crippen LogP contribution in [0.2, 0.25) is 0 Å². The first kappa shape index (κ1) is 15.4. The van der Waals surface area contributed by atoms with E-state index in [1.54, 1.807) is 7.11 Å². The van der Waals surface area contributed by atoms with Crippen LogP contribution in [0.15, 0.2) is 0 Å². The van der Waals surface area contributed by atoms with Crippen molar-refractivity contribution in [3.8, 4) is 0 Å². The molecule has 0 spiro atoms. The fraction of sp³-hybridized carbons (Fsp3) is 0.929. The maximum atomic E-state index is 12.6. The lowest BCUT2D eigenvalue weighted by molar-refractivity contribution is -0.140. The molecule has 0 heterocycles. The molecule has 106 valence electrons. The van der Waals surface area contributed by atoms with Gasteiger partial charge in [0.05, 0.1) is 12.5 Å². The number of methoxy groups -OCH3 is 1. The summed E-state index contributed by atoms with van der Waals surface area (Å²) in [6, 6.07) is 0.308. The third kappa shape index (κ3) is 3.95. The molecule has 0 radical (unpaired) electrons. The molecule has 0 aromatic rings. The first-order valence-electron chi connectivity index (χ1n) is 7.16. The van der Waals surface area contributed by atoms with E-state index in [1.165, 1.54) is 0 Å². The molecule has 4 nitrogen and oxygen atoms in total. The summed E-state index contributed by atoms with van der Waals surface area (Å²) in [4.78, 5) is 14.6. The van der Waals surface area contributed by atoms with Crippen molar-refractivity contribution < 1.29 is 9.53 Å². The van der Waals surface area contributed by atoms with E-state index in [4.69, 9.17) is 10.5 Å². The van der Waals surface area contributed by atoms with Gasteiger partial charge in [-0.1, -0.05) is 19.8 Å². The lowest BCUT2D eigenvalue weighted by Crippen LogP contribution is -2.49. The van der Waals surface area contributed by atoms with Crippen molar-refractivity contribution in [3.63, 3.8) is 0 Å². The van der Waals surface area contributed by atoms with Crippen LogP contribution in [-0.4, -0.2) is 43.2 Å². The van der Waals surface area contributed by atoms with Gasteiger partial charge < -0.3 is 15.4 Å². The molecular weight excluding hydrogens is 228 g/mol. The summed E-state index contributed by atoms with van der Waals surface area (Å²) in [5, 5.41) is 0. The van der Waals surface area contributed by atoms with Gasteiger partial charge in [0, 0.05) is 25.7 Å². The van der Waals surface area contributed by atoms with Crippen molar-refractivity contribution in [3.05, 3.63) is 0 Å². The van der Waals surface area contributed by atoms with Gasteiger partial charge in [0.1, 0.15) is 0 Å². The highest BCUT2D eigenvalue weighted by Gasteiger charge is 2.32. The lowest BCUT2D eigenvalue weighted by Gasteiger charge is -2.35. The van der Waals surface area contributed by atoms with Gasteiger partial charge in [-0.15, -0.1) is 0 Å². The van der Waals surface area contributed by atoms with Crippen LogP contribution in [0.1, 0.15) is 46.0 Å². The molecule has 1 saturated carbocycles. The second kappa shape index (κ2) is 7.74. The van der Waals surface area contributed by atoms with E-state index in [1.807, 2.05) is 4.90 Å². The number of amides is 1. The minimum absolute atomic E-state index is 0.0182. The molecule has 1 aliphatic rings. The minimum Gasteiger partial charge on any atom is -0.383 e. The fourth-order valence-electron chi connectivity index (χ4n) is 2.64. The van der Waals surface area contributed by atoms with Crippen molar-refractivity contribution in [1.82, 2.24) is 4.90 Å². The third-order valence-electron chi connectivity index (χ3n) is 4.08. The number of carbonyl (C=O) groups is 1. The second-order valence-electron chi connectivity index (χ2n) is 5.34. The Kier molecular flexibility index (Phi) is 6.65. The van der Waals surface area contributed by atoms with Crippen LogP contribution < -0.4 is 5.73 Å². The third-order valence-corrected chi connectivity index (χ3v) is 4.08. The smallest absolute Gasteiger partial charge is 0.227 e. The summed E-state index contributed by atoms with van der Waals surface area (Å²) in [6.07, 6.45) is 5.18. The Labute approximate surface area is 111 Å². The quantitative estimate of drug-likeness (QED) is 0.788. The Hall–Kier alpha value is -0.610. The van der Waals surface area contributed by atoms with E-state index in [9.17, 15) is 4.79 Å². The molecule has 1 rings (SSSR count). The molecule has 1 aliphatic carbocycles. The number of hydrogen-bond acceptors (Lipinski definition) is 3. The van der Waals surface area contributed by atoms with Crippen LogP contribution in [0.4, 0.5) is 0 Å². The van der Waals surface area contributed by atoms with Gasteiger partial charge in [-0.2, -0.15) is 0 Å². The van der Waals surface area contributed by atoms with Gasteiger partial charge in [-0.3, -0.25) is 4.79 Å². The van der Waals surface area contributed by atoms with E-state index >= 15 is 0 Å². The molecule has 0 aromatic heterocycles. The highest BCUT2D eigenvalue weighted by molar-refractivity contribution is 5.80. The summed E-state index contributed by atoms with van der Waals surface area (Å²) < 4.78 is 5.11. The van der Waals surface area contributed by atoms with E-state index in [0.29, 0.717) is 13.2 Å². The first-order valence-corrected chi connectivity index (χ1v) is 7.16. The Morgan fingerprint density at radius 3 is 2.67 bits per heavy atom. The molecule has 0 bridgehead atoms. The summed E-state index contributed by atoms with van der Waals surface area (Å²) in [7, 11) is 1.67. The molecule has 0 saturated heterocycles. The summed E-state index contributed by atoms with van der Waals surface area (Å²) in [5.41, 5.74) is 6.11. The van der Waals surface area contributed by atoms with Crippen LogP contribution in [0.3, 0.4) is 0 Å². The molecule has 1 amide bonds. The predicted octanol–water partition coefficient (Wildman–Crippen LogP) is 1.78. The molecule has 1 fully saturated rings. The van der Waals surface area contributed by atoms with Gasteiger partial charge in [0.2, 0.25) is 5.91 Å². The van der Waals surface area contributed by atoms with Gasteiger partial charge in [0.15, 0.2) is 0 Å². The van der Waals surface area contributed by atoms with Crippen LogP contribution in [0, 0.1) is 5.92 Å². The van der Waals surface area contributed by atoms with Crippen LogP contribution in [0.5, 0.6) is 0 Å². The van der Waals surface area contributed by atoms with Gasteiger partial charge >= 0.3 is 0 Å². The predicted molar refractivity (Wildman–Crippen MR) is 73.3 cm³/mol. The summed E-state index contributed by atoms with van der Waals surface area (Å²) in [6.45, 7) is 5.48. The maximum Gasteiger partial charge on any atom is 0.227 e. The van der Waals surface area contributed by atoms with Gasteiger partial charge in [0.25, 0.3) is 0 Å². The number of carbonyl (C=O) groups excluding carboxylic acids is 1.